The van der Waals surface area contributed by atoms with Crippen molar-refractivity contribution in [2.75, 3.05) is 13.2 Å². The molecule has 0 bridgehead atoms. The fraction of sp³-hybridized carbons (Fsp3) is 0.364. The molecule has 2 aromatic carbocycles. The molecule has 2 heterocycles. The van der Waals surface area contributed by atoms with Gasteiger partial charge >= 0.3 is 0 Å². The number of hydrogen-bond acceptors (Lipinski definition) is 4. The molecule has 0 spiro atoms. The largest absolute Gasteiger partial charge is 0.486 e. The maximum absolute atomic E-state index is 5.68. The predicted octanol–water partition coefficient (Wildman–Crippen LogP) is 4.33. The molecule has 0 radical (unpaired) electrons. The quantitative estimate of drug-likeness (QED) is 0.649. The maximum atomic E-state index is 5.68. The van der Waals surface area contributed by atoms with Crippen molar-refractivity contribution in [1.82, 2.24) is 15.3 Å². The average molecular weight is 394 g/mol. The SMILES string of the molecule is S=C(NC1CCCC(c2nc3ccccc3[nH]2)C1)c1ccc2c(c1)OCCO2. The lowest BCUT2D eigenvalue weighted by Crippen LogP contribution is -2.37. The lowest BCUT2D eigenvalue weighted by atomic mass is 9.85. The van der Waals surface area contributed by atoms with Gasteiger partial charge in [-0.1, -0.05) is 30.8 Å². The van der Waals surface area contributed by atoms with Crippen molar-refractivity contribution in [3.8, 4) is 11.5 Å². The zero-order chi connectivity index (χ0) is 18.9. The topological polar surface area (TPSA) is 59.2 Å². The minimum Gasteiger partial charge on any atom is -0.486 e. The number of benzene rings is 2. The fourth-order valence-electron chi connectivity index (χ4n) is 4.19. The van der Waals surface area contributed by atoms with Crippen molar-refractivity contribution in [3.05, 3.63) is 53.9 Å². The van der Waals surface area contributed by atoms with E-state index in [0.717, 1.165) is 58.2 Å². The van der Waals surface area contributed by atoms with Crippen LogP contribution < -0.4 is 14.8 Å². The molecule has 2 atom stereocenters. The first kappa shape index (κ1) is 17.5. The van der Waals surface area contributed by atoms with Crippen LogP contribution in [0.1, 0.15) is 43.0 Å². The highest BCUT2D eigenvalue weighted by molar-refractivity contribution is 7.80. The number of ether oxygens (including phenoxy) is 2. The van der Waals surface area contributed by atoms with Crippen molar-refractivity contribution in [3.63, 3.8) is 0 Å². The monoisotopic (exact) mass is 393 g/mol. The summed E-state index contributed by atoms with van der Waals surface area (Å²) in [5.41, 5.74) is 3.13. The Labute approximate surface area is 169 Å². The van der Waals surface area contributed by atoms with Crippen LogP contribution in [0, 0.1) is 0 Å². The summed E-state index contributed by atoms with van der Waals surface area (Å²) in [6, 6.07) is 14.5. The van der Waals surface area contributed by atoms with E-state index >= 15 is 0 Å². The Balaban J connectivity index is 1.28. The number of imidazole rings is 1. The van der Waals surface area contributed by atoms with Crippen LogP contribution in [0.15, 0.2) is 42.5 Å². The first-order valence-corrected chi connectivity index (χ1v) is 10.3. The molecule has 28 heavy (non-hydrogen) atoms. The smallest absolute Gasteiger partial charge is 0.162 e. The second-order valence-electron chi connectivity index (χ2n) is 7.53. The number of rotatable bonds is 3. The van der Waals surface area contributed by atoms with Gasteiger partial charge in [0, 0.05) is 17.5 Å². The van der Waals surface area contributed by atoms with E-state index in [2.05, 4.69) is 22.4 Å². The van der Waals surface area contributed by atoms with Crippen LogP contribution in [0.25, 0.3) is 11.0 Å². The van der Waals surface area contributed by atoms with E-state index in [4.69, 9.17) is 26.7 Å². The van der Waals surface area contributed by atoms with Gasteiger partial charge in [0.05, 0.1) is 11.0 Å². The molecule has 5 nitrogen and oxygen atoms in total. The predicted molar refractivity (Wildman–Crippen MR) is 113 cm³/mol. The van der Waals surface area contributed by atoms with Crippen molar-refractivity contribution in [1.29, 1.82) is 0 Å². The molecule has 2 aliphatic rings. The highest BCUT2D eigenvalue weighted by Gasteiger charge is 2.26. The van der Waals surface area contributed by atoms with E-state index in [1.165, 1.54) is 6.42 Å². The number of aromatic nitrogens is 2. The van der Waals surface area contributed by atoms with E-state index in [-0.39, 0.29) is 0 Å². The molecule has 144 valence electrons. The first-order valence-electron chi connectivity index (χ1n) is 9.91. The van der Waals surface area contributed by atoms with Crippen molar-refractivity contribution >= 4 is 28.2 Å². The normalized spacial score (nSPS) is 21.4. The Hall–Kier alpha value is -2.60. The Morgan fingerprint density at radius 3 is 2.82 bits per heavy atom. The molecule has 1 aliphatic heterocycles. The molecular formula is C22H23N3O2S. The van der Waals surface area contributed by atoms with Crippen molar-refractivity contribution < 1.29 is 9.47 Å². The third-order valence-corrected chi connectivity index (χ3v) is 5.96. The van der Waals surface area contributed by atoms with Crippen LogP contribution in [0.4, 0.5) is 0 Å². The molecule has 1 aromatic heterocycles. The standard InChI is InChI=1S/C22H23N3O2S/c28-22(15-8-9-19-20(13-15)27-11-10-26-19)23-16-5-3-4-14(12-16)21-24-17-6-1-2-7-18(17)25-21/h1-2,6-9,13-14,16H,3-5,10-12H2,(H,23,28)(H,24,25). The number of hydrogen-bond donors (Lipinski definition) is 2. The Kier molecular flexibility index (Phi) is 4.64. The van der Waals surface area contributed by atoms with Gasteiger partial charge in [0.15, 0.2) is 11.5 Å². The number of nitrogens with zero attached hydrogens (tertiary/aromatic N) is 1. The van der Waals surface area contributed by atoms with E-state index < -0.39 is 0 Å². The molecule has 6 heteroatoms. The summed E-state index contributed by atoms with van der Waals surface area (Å²) < 4.78 is 11.3. The van der Waals surface area contributed by atoms with Gasteiger partial charge in [0.25, 0.3) is 0 Å². The molecule has 0 amide bonds. The van der Waals surface area contributed by atoms with Gasteiger partial charge in [-0.15, -0.1) is 0 Å². The van der Waals surface area contributed by atoms with Crippen LogP contribution in [0.3, 0.4) is 0 Å². The number of nitrogens with one attached hydrogen (secondary N) is 2. The number of para-hydroxylation sites is 2. The Morgan fingerprint density at radius 1 is 1.07 bits per heavy atom. The molecule has 0 saturated heterocycles. The van der Waals surface area contributed by atoms with Gasteiger partial charge in [0.2, 0.25) is 0 Å². The third kappa shape index (κ3) is 3.44. The lowest BCUT2D eigenvalue weighted by Gasteiger charge is -2.29. The number of aromatic amines is 1. The second kappa shape index (κ2) is 7.43. The Morgan fingerprint density at radius 2 is 1.93 bits per heavy atom. The highest BCUT2D eigenvalue weighted by atomic mass is 32.1. The van der Waals surface area contributed by atoms with Gasteiger partial charge < -0.3 is 19.8 Å². The minimum atomic E-state index is 0.354. The summed E-state index contributed by atoms with van der Waals surface area (Å²) in [6.45, 7) is 1.18. The lowest BCUT2D eigenvalue weighted by molar-refractivity contribution is 0.171. The first-order chi connectivity index (χ1) is 13.8. The van der Waals surface area contributed by atoms with Gasteiger partial charge in [0.1, 0.15) is 24.0 Å². The molecule has 1 saturated carbocycles. The summed E-state index contributed by atoms with van der Waals surface area (Å²) in [5, 5.41) is 3.57. The summed E-state index contributed by atoms with van der Waals surface area (Å²) in [6.07, 6.45) is 4.49. The Bertz CT molecular complexity index is 983. The minimum absolute atomic E-state index is 0.354. The fourth-order valence-corrected chi connectivity index (χ4v) is 4.48. The third-order valence-electron chi connectivity index (χ3n) is 5.61. The molecule has 1 aliphatic carbocycles. The average Bonchev–Trinajstić information content (AvgIpc) is 3.18. The van der Waals surface area contributed by atoms with E-state index in [0.29, 0.717) is 25.2 Å². The van der Waals surface area contributed by atoms with E-state index in [1.54, 1.807) is 0 Å². The number of H-pyrrole nitrogens is 1. The highest BCUT2D eigenvalue weighted by Crippen LogP contribution is 2.34. The van der Waals surface area contributed by atoms with Gasteiger partial charge in [-0.25, -0.2) is 4.98 Å². The molecule has 3 aromatic rings. The van der Waals surface area contributed by atoms with Crippen molar-refractivity contribution in [2.24, 2.45) is 0 Å². The van der Waals surface area contributed by atoms with Gasteiger partial charge in [-0.3, -0.25) is 0 Å². The molecular weight excluding hydrogens is 370 g/mol. The molecule has 2 N–H and O–H groups in total. The zero-order valence-electron chi connectivity index (χ0n) is 15.6. The van der Waals surface area contributed by atoms with Crippen LogP contribution in [0.2, 0.25) is 0 Å². The zero-order valence-corrected chi connectivity index (χ0v) is 16.4. The van der Waals surface area contributed by atoms with E-state index in [1.807, 2.05) is 30.3 Å². The maximum Gasteiger partial charge on any atom is 0.162 e. The summed E-state index contributed by atoms with van der Waals surface area (Å²) in [5.74, 6) is 3.09. The molecule has 1 fully saturated rings. The van der Waals surface area contributed by atoms with Crippen molar-refractivity contribution in [2.45, 2.75) is 37.6 Å². The van der Waals surface area contributed by atoms with Gasteiger partial charge in [-0.2, -0.15) is 0 Å². The number of thiocarbonyl (C=S) groups is 1. The van der Waals surface area contributed by atoms with Crippen LogP contribution >= 0.6 is 12.2 Å². The number of fused-ring (bicyclic) bond motifs is 2. The summed E-state index contributed by atoms with van der Waals surface area (Å²) in [4.78, 5) is 9.08. The summed E-state index contributed by atoms with van der Waals surface area (Å²) >= 11 is 5.68. The van der Waals surface area contributed by atoms with Crippen LogP contribution in [-0.2, 0) is 0 Å². The van der Waals surface area contributed by atoms with Crippen LogP contribution in [-0.4, -0.2) is 34.2 Å². The van der Waals surface area contributed by atoms with Gasteiger partial charge in [-0.05, 0) is 49.6 Å². The summed E-state index contributed by atoms with van der Waals surface area (Å²) in [7, 11) is 0. The van der Waals surface area contributed by atoms with E-state index in [9.17, 15) is 0 Å². The molecule has 2 unspecified atom stereocenters. The molecule has 5 rings (SSSR count). The van der Waals surface area contributed by atoms with Crippen LogP contribution in [0.5, 0.6) is 11.5 Å². The second-order valence-corrected chi connectivity index (χ2v) is 7.94.